The van der Waals surface area contributed by atoms with Gasteiger partial charge in [-0.25, -0.2) is 22.0 Å². The summed E-state index contributed by atoms with van der Waals surface area (Å²) in [5, 5.41) is 5.14. The lowest BCUT2D eigenvalue weighted by Crippen LogP contribution is -2.19. The number of halogens is 3. The van der Waals surface area contributed by atoms with Crippen LogP contribution < -0.4 is 9.86 Å². The Labute approximate surface area is 182 Å². The zero-order valence-corrected chi connectivity index (χ0v) is 18.0. The molecule has 3 aromatic rings. The number of nitrogens with one attached hydrogen (secondary N) is 1. The molecule has 3 aromatic carbocycles. The third kappa shape index (κ3) is 5.39. The van der Waals surface area contributed by atoms with Crippen molar-refractivity contribution in [3.63, 3.8) is 0 Å². The van der Waals surface area contributed by atoms with Gasteiger partial charge in [-0.3, -0.25) is 4.72 Å². The van der Waals surface area contributed by atoms with Crippen LogP contribution in [0.3, 0.4) is 0 Å². The first-order valence-electron chi connectivity index (χ1n) is 8.44. The van der Waals surface area contributed by atoms with E-state index in [-0.39, 0.29) is 26.6 Å². The molecule has 0 aliphatic rings. The van der Waals surface area contributed by atoms with E-state index in [1.54, 1.807) is 0 Å². The van der Waals surface area contributed by atoms with E-state index in [0.717, 1.165) is 18.2 Å². The van der Waals surface area contributed by atoms with E-state index < -0.39 is 36.7 Å². The van der Waals surface area contributed by atoms with Crippen molar-refractivity contribution in [3.05, 3.63) is 72.3 Å². The molecule has 3 N–H and O–H groups in total. The summed E-state index contributed by atoms with van der Waals surface area (Å²) in [6, 6.07) is 13.3. The maximum atomic E-state index is 13.0. The lowest BCUT2D eigenvalue weighted by molar-refractivity contribution is -0.137. The largest absolute Gasteiger partial charge is 0.416 e. The summed E-state index contributed by atoms with van der Waals surface area (Å²) in [5.41, 5.74) is -0.770. The fourth-order valence-corrected chi connectivity index (χ4v) is 4.95. The Bertz CT molecular complexity index is 1360. The molecule has 31 heavy (non-hydrogen) atoms. The smallest absolute Gasteiger partial charge is 0.278 e. The summed E-state index contributed by atoms with van der Waals surface area (Å²) in [5.74, 6) is 0. The maximum Gasteiger partial charge on any atom is 0.416 e. The highest BCUT2D eigenvalue weighted by Gasteiger charge is 2.30. The van der Waals surface area contributed by atoms with Gasteiger partial charge in [0.1, 0.15) is 4.90 Å². The molecule has 0 aromatic heterocycles. The van der Waals surface area contributed by atoms with Gasteiger partial charge in [0, 0.05) is 4.90 Å². The molecular formula is C19H15F3N2O4S3. The lowest BCUT2D eigenvalue weighted by atomic mass is 10.0. The normalized spacial score (nSPS) is 12.5. The number of sulfonamides is 2. The van der Waals surface area contributed by atoms with E-state index in [1.807, 2.05) is 0 Å². The van der Waals surface area contributed by atoms with Gasteiger partial charge in [0.15, 0.2) is 0 Å². The number of benzene rings is 3. The number of thiol groups is 1. The zero-order chi connectivity index (χ0) is 23.0. The zero-order valence-electron chi connectivity index (χ0n) is 15.5. The minimum Gasteiger partial charge on any atom is -0.278 e. The predicted octanol–water partition coefficient (Wildman–Crippen LogP) is 4.11. The Morgan fingerprint density at radius 1 is 0.839 bits per heavy atom. The van der Waals surface area contributed by atoms with Crippen LogP contribution in [-0.4, -0.2) is 16.8 Å². The van der Waals surface area contributed by atoms with Crippen LogP contribution in [0.2, 0.25) is 0 Å². The average Bonchev–Trinajstić information content (AvgIpc) is 2.68. The number of primary sulfonamides is 1. The highest BCUT2D eigenvalue weighted by molar-refractivity contribution is 7.93. The second-order valence-corrected chi connectivity index (χ2v) is 10.2. The summed E-state index contributed by atoms with van der Waals surface area (Å²) in [6.45, 7) is 0. The van der Waals surface area contributed by atoms with E-state index in [0.29, 0.717) is 0 Å². The van der Waals surface area contributed by atoms with Gasteiger partial charge >= 0.3 is 6.18 Å². The second kappa shape index (κ2) is 8.19. The monoisotopic (exact) mass is 488 g/mol. The predicted molar refractivity (Wildman–Crippen MR) is 113 cm³/mol. The van der Waals surface area contributed by atoms with Crippen LogP contribution in [0.5, 0.6) is 0 Å². The lowest BCUT2D eigenvalue weighted by Gasteiger charge is -2.13. The van der Waals surface area contributed by atoms with Crippen molar-refractivity contribution in [1.82, 2.24) is 0 Å². The van der Waals surface area contributed by atoms with Crippen molar-refractivity contribution >= 4 is 38.4 Å². The van der Waals surface area contributed by atoms with Crippen LogP contribution in [0.4, 0.5) is 18.9 Å². The van der Waals surface area contributed by atoms with Crippen molar-refractivity contribution < 1.29 is 30.0 Å². The first-order valence-corrected chi connectivity index (χ1v) is 11.9. The topological polar surface area (TPSA) is 106 Å². The van der Waals surface area contributed by atoms with Crippen LogP contribution in [0.25, 0.3) is 11.1 Å². The average molecular weight is 489 g/mol. The van der Waals surface area contributed by atoms with Crippen LogP contribution >= 0.6 is 12.6 Å². The number of nitrogens with two attached hydrogens (primary N) is 1. The maximum absolute atomic E-state index is 13.0. The molecule has 0 radical (unpaired) electrons. The number of hydrogen-bond acceptors (Lipinski definition) is 5. The van der Waals surface area contributed by atoms with Gasteiger partial charge in [0.25, 0.3) is 10.0 Å². The Hall–Kier alpha value is -2.54. The van der Waals surface area contributed by atoms with E-state index in [9.17, 15) is 30.0 Å². The molecule has 0 spiro atoms. The minimum atomic E-state index is -4.55. The summed E-state index contributed by atoms with van der Waals surface area (Å²) < 4.78 is 90.4. The molecular weight excluding hydrogens is 473 g/mol. The molecule has 0 atom stereocenters. The molecule has 0 bridgehead atoms. The van der Waals surface area contributed by atoms with Crippen molar-refractivity contribution in [2.24, 2.45) is 5.14 Å². The third-order valence-corrected chi connectivity index (χ3v) is 6.78. The molecule has 0 aliphatic carbocycles. The van der Waals surface area contributed by atoms with Crippen LogP contribution in [0.15, 0.2) is 81.4 Å². The second-order valence-electron chi connectivity index (χ2n) is 6.44. The molecule has 0 aliphatic heterocycles. The number of rotatable bonds is 5. The Morgan fingerprint density at radius 3 is 2.06 bits per heavy atom. The number of hydrogen-bond donors (Lipinski definition) is 3. The number of anilines is 1. The Kier molecular flexibility index (Phi) is 6.11. The van der Waals surface area contributed by atoms with E-state index in [1.165, 1.54) is 48.5 Å². The highest BCUT2D eigenvalue weighted by atomic mass is 32.2. The minimum absolute atomic E-state index is 0.163. The van der Waals surface area contributed by atoms with Gasteiger partial charge in [-0.2, -0.15) is 13.2 Å². The molecule has 0 amide bonds. The fraction of sp³-hybridized carbons (Fsp3) is 0.0526. The Morgan fingerprint density at radius 2 is 1.45 bits per heavy atom. The van der Waals surface area contributed by atoms with Crippen molar-refractivity contribution in [2.75, 3.05) is 4.72 Å². The van der Waals surface area contributed by atoms with E-state index in [4.69, 9.17) is 5.14 Å². The van der Waals surface area contributed by atoms with Gasteiger partial charge in [-0.15, -0.1) is 12.6 Å². The van der Waals surface area contributed by atoms with Crippen LogP contribution in [-0.2, 0) is 26.2 Å². The molecule has 0 fully saturated rings. The molecule has 164 valence electrons. The Balaban J connectivity index is 2.02. The molecule has 3 rings (SSSR count). The molecule has 0 heterocycles. The quantitative estimate of drug-likeness (QED) is 0.470. The molecule has 0 saturated heterocycles. The first-order chi connectivity index (χ1) is 14.3. The highest BCUT2D eigenvalue weighted by Crippen LogP contribution is 2.33. The fourth-order valence-electron chi connectivity index (χ4n) is 2.75. The van der Waals surface area contributed by atoms with E-state index in [2.05, 4.69) is 17.4 Å². The van der Waals surface area contributed by atoms with Crippen LogP contribution in [0.1, 0.15) is 5.56 Å². The van der Waals surface area contributed by atoms with Gasteiger partial charge in [-0.1, -0.05) is 24.3 Å². The summed E-state index contributed by atoms with van der Waals surface area (Å²) >= 11 is 4.02. The molecule has 0 saturated carbocycles. The summed E-state index contributed by atoms with van der Waals surface area (Å²) in [7, 11) is -8.56. The van der Waals surface area contributed by atoms with E-state index >= 15 is 0 Å². The van der Waals surface area contributed by atoms with Crippen molar-refractivity contribution in [2.45, 2.75) is 20.9 Å². The summed E-state index contributed by atoms with van der Waals surface area (Å²) in [4.78, 5) is -0.506. The van der Waals surface area contributed by atoms with Crippen molar-refractivity contribution in [3.8, 4) is 11.1 Å². The van der Waals surface area contributed by atoms with Gasteiger partial charge in [0.2, 0.25) is 10.0 Å². The number of alkyl halides is 3. The standard InChI is InChI=1S/C19H15F3N2O4S3/c20-19(21,22)14-5-1-3-12(9-14)13-4-2-6-16(10-13)31(27,28)24-17-8-7-15(29)11-18(17)30(23,25)26/h1-11,24,29H,(H2,23,25,26). The SMILES string of the molecule is NS(=O)(=O)c1cc(S)ccc1NS(=O)(=O)c1cccc(-c2cccc(C(F)(F)F)c2)c1. The van der Waals surface area contributed by atoms with Crippen LogP contribution in [0, 0.1) is 0 Å². The van der Waals surface area contributed by atoms with Crippen molar-refractivity contribution in [1.29, 1.82) is 0 Å². The molecule has 0 unspecified atom stereocenters. The van der Waals surface area contributed by atoms with Gasteiger partial charge in [-0.05, 0) is 53.6 Å². The third-order valence-electron chi connectivity index (χ3n) is 4.18. The van der Waals surface area contributed by atoms with Gasteiger partial charge < -0.3 is 0 Å². The van der Waals surface area contributed by atoms with Gasteiger partial charge in [0.05, 0.1) is 16.1 Å². The first kappa shape index (κ1) is 23.1. The molecule has 6 nitrogen and oxygen atoms in total. The molecule has 12 heteroatoms. The summed E-state index contributed by atoms with van der Waals surface area (Å²) in [6.07, 6.45) is -4.55.